The molecular formula is C14H19N3. The summed E-state index contributed by atoms with van der Waals surface area (Å²) < 4.78 is 2.18. The van der Waals surface area contributed by atoms with Crippen molar-refractivity contribution < 1.29 is 0 Å². The standard InChI is InChI=1S/C14H19N3/c1-4-14-16-7-8-17(14)13-9-12(10-15-3)6-5-11(13)2/h5-9,15H,4,10H2,1-3H3. The molecule has 1 aromatic carbocycles. The Hall–Kier alpha value is -1.61. The maximum Gasteiger partial charge on any atom is 0.112 e. The van der Waals surface area contributed by atoms with E-state index in [1.165, 1.54) is 16.8 Å². The van der Waals surface area contributed by atoms with Gasteiger partial charge in [-0.05, 0) is 31.2 Å². The number of aryl methyl sites for hydroxylation is 2. The Labute approximate surface area is 103 Å². The predicted molar refractivity (Wildman–Crippen MR) is 70.4 cm³/mol. The molecule has 0 aliphatic carbocycles. The first-order valence-corrected chi connectivity index (χ1v) is 6.03. The van der Waals surface area contributed by atoms with Crippen molar-refractivity contribution >= 4 is 0 Å². The van der Waals surface area contributed by atoms with E-state index >= 15 is 0 Å². The van der Waals surface area contributed by atoms with Crippen molar-refractivity contribution in [3.05, 3.63) is 47.5 Å². The molecule has 0 atom stereocenters. The van der Waals surface area contributed by atoms with Crippen molar-refractivity contribution in [1.82, 2.24) is 14.9 Å². The molecule has 90 valence electrons. The van der Waals surface area contributed by atoms with Crippen molar-refractivity contribution in [3.8, 4) is 5.69 Å². The van der Waals surface area contributed by atoms with E-state index in [0.717, 1.165) is 18.8 Å². The Bertz CT molecular complexity index is 500. The molecule has 3 nitrogen and oxygen atoms in total. The first-order chi connectivity index (χ1) is 8.26. The average Bonchev–Trinajstić information content (AvgIpc) is 2.80. The topological polar surface area (TPSA) is 29.9 Å². The lowest BCUT2D eigenvalue weighted by molar-refractivity contribution is 0.813. The van der Waals surface area contributed by atoms with Gasteiger partial charge < -0.3 is 9.88 Å². The molecule has 2 rings (SSSR count). The predicted octanol–water partition coefficient (Wildman–Crippen LogP) is 2.46. The highest BCUT2D eigenvalue weighted by molar-refractivity contribution is 5.44. The van der Waals surface area contributed by atoms with Crippen molar-refractivity contribution in [1.29, 1.82) is 0 Å². The molecule has 0 fully saturated rings. The van der Waals surface area contributed by atoms with Gasteiger partial charge in [-0.3, -0.25) is 0 Å². The molecule has 0 amide bonds. The summed E-state index contributed by atoms with van der Waals surface area (Å²) in [5.74, 6) is 1.11. The lowest BCUT2D eigenvalue weighted by Crippen LogP contribution is -2.07. The lowest BCUT2D eigenvalue weighted by Gasteiger charge is -2.12. The molecule has 0 saturated carbocycles. The molecule has 0 aliphatic heterocycles. The summed E-state index contributed by atoms with van der Waals surface area (Å²) in [4.78, 5) is 4.38. The van der Waals surface area contributed by atoms with Gasteiger partial charge in [0.2, 0.25) is 0 Å². The van der Waals surface area contributed by atoms with E-state index in [1.807, 2.05) is 19.4 Å². The van der Waals surface area contributed by atoms with Crippen molar-refractivity contribution in [3.63, 3.8) is 0 Å². The van der Waals surface area contributed by atoms with E-state index in [1.54, 1.807) is 0 Å². The highest BCUT2D eigenvalue weighted by Crippen LogP contribution is 2.18. The van der Waals surface area contributed by atoms with E-state index in [4.69, 9.17) is 0 Å². The van der Waals surface area contributed by atoms with Crippen LogP contribution in [0.15, 0.2) is 30.6 Å². The maximum absolute atomic E-state index is 4.38. The fraction of sp³-hybridized carbons (Fsp3) is 0.357. The molecule has 1 aromatic heterocycles. The number of hydrogen-bond acceptors (Lipinski definition) is 2. The van der Waals surface area contributed by atoms with Gasteiger partial charge in [0, 0.05) is 31.0 Å². The van der Waals surface area contributed by atoms with Crippen LogP contribution in [-0.4, -0.2) is 16.6 Å². The molecular weight excluding hydrogens is 210 g/mol. The third-order valence-electron chi connectivity index (χ3n) is 2.95. The molecule has 0 spiro atoms. The van der Waals surface area contributed by atoms with Gasteiger partial charge in [-0.1, -0.05) is 19.1 Å². The minimum Gasteiger partial charge on any atom is -0.316 e. The van der Waals surface area contributed by atoms with E-state index in [0.29, 0.717) is 0 Å². The van der Waals surface area contributed by atoms with Crippen LogP contribution in [0.2, 0.25) is 0 Å². The van der Waals surface area contributed by atoms with E-state index in [2.05, 4.69) is 46.9 Å². The summed E-state index contributed by atoms with van der Waals surface area (Å²) in [6, 6.07) is 6.56. The van der Waals surface area contributed by atoms with E-state index in [-0.39, 0.29) is 0 Å². The van der Waals surface area contributed by atoms with Crippen molar-refractivity contribution in [2.75, 3.05) is 7.05 Å². The van der Waals surface area contributed by atoms with Gasteiger partial charge in [0.05, 0.1) is 0 Å². The number of rotatable bonds is 4. The Morgan fingerprint density at radius 3 is 2.88 bits per heavy atom. The maximum atomic E-state index is 4.38. The largest absolute Gasteiger partial charge is 0.316 e. The SMILES string of the molecule is CCc1nccn1-c1cc(CNC)ccc1C. The van der Waals surface area contributed by atoms with Crippen LogP contribution in [0.3, 0.4) is 0 Å². The molecule has 0 bridgehead atoms. The summed E-state index contributed by atoms with van der Waals surface area (Å²) in [7, 11) is 1.97. The molecule has 17 heavy (non-hydrogen) atoms. The summed E-state index contributed by atoms with van der Waals surface area (Å²) in [6.07, 6.45) is 4.84. The van der Waals surface area contributed by atoms with Gasteiger partial charge in [0.1, 0.15) is 5.82 Å². The first-order valence-electron chi connectivity index (χ1n) is 6.03. The second-order valence-electron chi connectivity index (χ2n) is 4.22. The first kappa shape index (κ1) is 11.9. The van der Waals surface area contributed by atoms with Gasteiger partial charge in [-0.15, -0.1) is 0 Å². The Morgan fingerprint density at radius 2 is 2.18 bits per heavy atom. The zero-order chi connectivity index (χ0) is 12.3. The molecule has 3 heteroatoms. The average molecular weight is 229 g/mol. The van der Waals surface area contributed by atoms with Gasteiger partial charge in [0.15, 0.2) is 0 Å². The molecule has 0 radical (unpaired) electrons. The number of aromatic nitrogens is 2. The normalized spacial score (nSPS) is 10.8. The lowest BCUT2D eigenvalue weighted by atomic mass is 10.1. The molecule has 0 unspecified atom stereocenters. The zero-order valence-corrected chi connectivity index (χ0v) is 10.7. The Balaban J connectivity index is 2.46. The number of nitrogens with one attached hydrogen (secondary N) is 1. The minimum atomic E-state index is 0.892. The monoisotopic (exact) mass is 229 g/mol. The summed E-state index contributed by atoms with van der Waals surface area (Å²) >= 11 is 0. The molecule has 1 heterocycles. The third-order valence-corrected chi connectivity index (χ3v) is 2.95. The van der Waals surface area contributed by atoms with Crippen molar-refractivity contribution in [2.24, 2.45) is 0 Å². The number of nitrogens with zero attached hydrogens (tertiary/aromatic N) is 2. The summed E-state index contributed by atoms with van der Waals surface area (Å²) in [5.41, 5.74) is 3.80. The zero-order valence-electron chi connectivity index (χ0n) is 10.7. The number of imidazole rings is 1. The summed E-state index contributed by atoms with van der Waals surface area (Å²) in [5, 5.41) is 3.18. The minimum absolute atomic E-state index is 0.892. The Kier molecular flexibility index (Phi) is 3.59. The van der Waals surface area contributed by atoms with Crippen LogP contribution in [0.25, 0.3) is 5.69 Å². The van der Waals surface area contributed by atoms with E-state index in [9.17, 15) is 0 Å². The highest BCUT2D eigenvalue weighted by atomic mass is 15.1. The van der Waals surface area contributed by atoms with Crippen LogP contribution in [-0.2, 0) is 13.0 Å². The number of hydrogen-bond donors (Lipinski definition) is 1. The van der Waals surface area contributed by atoms with Crippen LogP contribution < -0.4 is 5.32 Å². The van der Waals surface area contributed by atoms with Gasteiger partial charge in [-0.25, -0.2) is 4.98 Å². The second kappa shape index (κ2) is 5.15. The van der Waals surface area contributed by atoms with Gasteiger partial charge in [0.25, 0.3) is 0 Å². The van der Waals surface area contributed by atoms with E-state index < -0.39 is 0 Å². The van der Waals surface area contributed by atoms with Crippen LogP contribution in [0.5, 0.6) is 0 Å². The van der Waals surface area contributed by atoms with Crippen molar-refractivity contribution in [2.45, 2.75) is 26.8 Å². The smallest absolute Gasteiger partial charge is 0.112 e. The van der Waals surface area contributed by atoms with Crippen LogP contribution in [0.4, 0.5) is 0 Å². The van der Waals surface area contributed by atoms with Crippen LogP contribution >= 0.6 is 0 Å². The van der Waals surface area contributed by atoms with Crippen LogP contribution in [0.1, 0.15) is 23.9 Å². The highest BCUT2D eigenvalue weighted by Gasteiger charge is 2.06. The van der Waals surface area contributed by atoms with Gasteiger partial charge in [-0.2, -0.15) is 0 Å². The molecule has 1 N–H and O–H groups in total. The Morgan fingerprint density at radius 1 is 1.35 bits per heavy atom. The molecule has 0 saturated heterocycles. The fourth-order valence-corrected chi connectivity index (χ4v) is 2.04. The number of benzene rings is 1. The molecule has 0 aliphatic rings. The van der Waals surface area contributed by atoms with Gasteiger partial charge >= 0.3 is 0 Å². The quantitative estimate of drug-likeness (QED) is 0.872. The third kappa shape index (κ3) is 2.39. The molecule has 2 aromatic rings. The van der Waals surface area contributed by atoms with Crippen LogP contribution in [0, 0.1) is 6.92 Å². The summed E-state index contributed by atoms with van der Waals surface area (Å²) in [6.45, 7) is 5.16. The second-order valence-corrected chi connectivity index (χ2v) is 4.22. The fourth-order valence-electron chi connectivity index (χ4n) is 2.04.